The van der Waals surface area contributed by atoms with Crippen molar-refractivity contribution >= 4 is 0 Å². The molecule has 0 radical (unpaired) electrons. The third kappa shape index (κ3) is 0.722. The summed E-state index contributed by atoms with van der Waals surface area (Å²) >= 11 is 0. The SMILES string of the molecule is CCC12COCC1COC2. The van der Waals surface area contributed by atoms with Gasteiger partial charge in [-0.3, -0.25) is 0 Å². The van der Waals surface area contributed by atoms with Gasteiger partial charge in [0.15, 0.2) is 0 Å². The summed E-state index contributed by atoms with van der Waals surface area (Å²) in [5, 5.41) is 0. The number of fused-ring (bicyclic) bond motifs is 1. The molecular formula is C8H14O2. The van der Waals surface area contributed by atoms with E-state index in [0.29, 0.717) is 11.3 Å². The molecule has 2 heteroatoms. The zero-order valence-corrected chi connectivity index (χ0v) is 6.43. The van der Waals surface area contributed by atoms with E-state index in [1.807, 2.05) is 0 Å². The lowest BCUT2D eigenvalue weighted by Crippen LogP contribution is -2.27. The minimum Gasteiger partial charge on any atom is -0.380 e. The molecule has 58 valence electrons. The molecule has 2 heterocycles. The fraction of sp³-hybridized carbons (Fsp3) is 1.00. The molecule has 2 rings (SSSR count). The quantitative estimate of drug-likeness (QED) is 0.545. The van der Waals surface area contributed by atoms with Crippen LogP contribution in [0.25, 0.3) is 0 Å². The van der Waals surface area contributed by atoms with E-state index in [2.05, 4.69) is 6.92 Å². The molecule has 0 atom stereocenters. The van der Waals surface area contributed by atoms with Crippen LogP contribution >= 0.6 is 0 Å². The van der Waals surface area contributed by atoms with Gasteiger partial charge in [0, 0.05) is 11.3 Å². The second-order valence-electron chi connectivity index (χ2n) is 3.44. The first-order valence-electron chi connectivity index (χ1n) is 4.03. The molecule has 2 nitrogen and oxygen atoms in total. The summed E-state index contributed by atoms with van der Waals surface area (Å²) < 4.78 is 10.9. The van der Waals surface area contributed by atoms with Gasteiger partial charge < -0.3 is 9.47 Å². The van der Waals surface area contributed by atoms with Crippen molar-refractivity contribution < 1.29 is 9.47 Å². The van der Waals surface area contributed by atoms with E-state index in [4.69, 9.17) is 9.47 Å². The molecule has 0 amide bonds. The van der Waals surface area contributed by atoms with Gasteiger partial charge >= 0.3 is 0 Å². The van der Waals surface area contributed by atoms with E-state index in [-0.39, 0.29) is 0 Å². The largest absolute Gasteiger partial charge is 0.380 e. The van der Waals surface area contributed by atoms with Crippen molar-refractivity contribution in [3.05, 3.63) is 0 Å². The Kier molecular flexibility index (Phi) is 1.46. The summed E-state index contributed by atoms with van der Waals surface area (Å²) in [6.07, 6.45) is 1.21. The van der Waals surface area contributed by atoms with Gasteiger partial charge in [-0.05, 0) is 6.42 Å². The fourth-order valence-corrected chi connectivity index (χ4v) is 1.98. The number of rotatable bonds is 1. The second kappa shape index (κ2) is 2.21. The summed E-state index contributed by atoms with van der Waals surface area (Å²) in [4.78, 5) is 0. The van der Waals surface area contributed by atoms with Crippen LogP contribution < -0.4 is 0 Å². The van der Waals surface area contributed by atoms with E-state index in [9.17, 15) is 0 Å². The van der Waals surface area contributed by atoms with E-state index in [0.717, 1.165) is 26.4 Å². The summed E-state index contributed by atoms with van der Waals surface area (Å²) in [6, 6.07) is 0. The minimum atomic E-state index is 0.403. The van der Waals surface area contributed by atoms with Crippen molar-refractivity contribution in [3.8, 4) is 0 Å². The van der Waals surface area contributed by atoms with E-state index >= 15 is 0 Å². The van der Waals surface area contributed by atoms with Gasteiger partial charge in [0.1, 0.15) is 0 Å². The van der Waals surface area contributed by atoms with Gasteiger partial charge in [0.25, 0.3) is 0 Å². The van der Waals surface area contributed by atoms with Gasteiger partial charge in [-0.15, -0.1) is 0 Å². The topological polar surface area (TPSA) is 18.5 Å². The molecule has 0 bridgehead atoms. The Morgan fingerprint density at radius 1 is 1.30 bits per heavy atom. The average molecular weight is 142 g/mol. The number of hydrogen-bond donors (Lipinski definition) is 0. The predicted molar refractivity (Wildman–Crippen MR) is 37.9 cm³/mol. The highest BCUT2D eigenvalue weighted by molar-refractivity contribution is 4.93. The van der Waals surface area contributed by atoms with Crippen molar-refractivity contribution in [1.29, 1.82) is 0 Å². The highest BCUT2D eigenvalue weighted by atomic mass is 16.5. The molecule has 0 aromatic heterocycles. The zero-order valence-electron chi connectivity index (χ0n) is 6.43. The number of ether oxygens (including phenoxy) is 2. The van der Waals surface area contributed by atoms with Crippen molar-refractivity contribution in [2.24, 2.45) is 11.3 Å². The molecule has 0 saturated carbocycles. The van der Waals surface area contributed by atoms with Crippen LogP contribution in [-0.2, 0) is 9.47 Å². The van der Waals surface area contributed by atoms with E-state index < -0.39 is 0 Å². The highest BCUT2D eigenvalue weighted by Crippen LogP contribution is 2.42. The Hall–Kier alpha value is -0.0800. The van der Waals surface area contributed by atoms with Gasteiger partial charge in [0.2, 0.25) is 0 Å². The Labute approximate surface area is 61.5 Å². The van der Waals surface area contributed by atoms with Crippen molar-refractivity contribution in [2.45, 2.75) is 13.3 Å². The average Bonchev–Trinajstić information content (AvgIpc) is 2.42. The molecule has 0 spiro atoms. The fourth-order valence-electron chi connectivity index (χ4n) is 1.98. The molecule has 10 heavy (non-hydrogen) atoms. The third-order valence-corrected chi connectivity index (χ3v) is 2.99. The zero-order chi connectivity index (χ0) is 7.03. The Bertz CT molecular complexity index is 123. The lowest BCUT2D eigenvalue weighted by molar-refractivity contribution is 0.0809. The molecule has 0 aliphatic carbocycles. The normalized spacial score (nSPS) is 45.9. The molecule has 2 fully saturated rings. The van der Waals surface area contributed by atoms with Gasteiger partial charge in [-0.25, -0.2) is 0 Å². The lowest BCUT2D eigenvalue weighted by atomic mass is 9.79. The minimum absolute atomic E-state index is 0.403. The Balaban J connectivity index is 2.15. The lowest BCUT2D eigenvalue weighted by Gasteiger charge is -2.22. The highest BCUT2D eigenvalue weighted by Gasteiger charge is 2.46. The van der Waals surface area contributed by atoms with Crippen molar-refractivity contribution in [3.63, 3.8) is 0 Å². The maximum absolute atomic E-state index is 5.43. The molecular weight excluding hydrogens is 128 g/mol. The Morgan fingerprint density at radius 3 is 2.30 bits per heavy atom. The smallest absolute Gasteiger partial charge is 0.0548 e. The van der Waals surface area contributed by atoms with Gasteiger partial charge in [-0.1, -0.05) is 6.92 Å². The van der Waals surface area contributed by atoms with Crippen molar-refractivity contribution in [2.75, 3.05) is 26.4 Å². The molecule has 2 saturated heterocycles. The van der Waals surface area contributed by atoms with Crippen LogP contribution in [0.5, 0.6) is 0 Å². The molecule has 2 aliphatic rings. The molecule has 0 aromatic carbocycles. The molecule has 2 aliphatic heterocycles. The first-order chi connectivity index (χ1) is 4.87. The summed E-state index contributed by atoms with van der Waals surface area (Å²) in [5.74, 6) is 0.692. The van der Waals surface area contributed by atoms with E-state index in [1.165, 1.54) is 6.42 Å². The van der Waals surface area contributed by atoms with Crippen LogP contribution in [0.4, 0.5) is 0 Å². The van der Waals surface area contributed by atoms with Crippen LogP contribution in [0.15, 0.2) is 0 Å². The van der Waals surface area contributed by atoms with Crippen LogP contribution in [0, 0.1) is 11.3 Å². The summed E-state index contributed by atoms with van der Waals surface area (Å²) in [6.45, 7) is 5.93. The van der Waals surface area contributed by atoms with E-state index in [1.54, 1.807) is 0 Å². The second-order valence-corrected chi connectivity index (χ2v) is 3.44. The summed E-state index contributed by atoms with van der Waals surface area (Å²) in [7, 11) is 0. The maximum Gasteiger partial charge on any atom is 0.0548 e. The molecule has 0 N–H and O–H groups in total. The van der Waals surface area contributed by atoms with Crippen molar-refractivity contribution in [1.82, 2.24) is 0 Å². The van der Waals surface area contributed by atoms with Gasteiger partial charge in [-0.2, -0.15) is 0 Å². The first kappa shape index (κ1) is 6.62. The standard InChI is InChI=1S/C8H14O2/c1-2-8-5-9-3-7(8)4-10-6-8/h7H,2-6H2,1H3. The van der Waals surface area contributed by atoms with Crippen LogP contribution in [-0.4, -0.2) is 26.4 Å². The van der Waals surface area contributed by atoms with Gasteiger partial charge in [0.05, 0.1) is 26.4 Å². The summed E-state index contributed by atoms with van der Waals surface area (Å²) in [5.41, 5.74) is 0.403. The molecule has 0 aromatic rings. The number of hydrogen-bond acceptors (Lipinski definition) is 2. The van der Waals surface area contributed by atoms with Crippen LogP contribution in [0.3, 0.4) is 0 Å². The first-order valence-corrected chi connectivity index (χ1v) is 4.03. The molecule has 0 unspecified atom stereocenters. The third-order valence-electron chi connectivity index (χ3n) is 2.99. The monoisotopic (exact) mass is 142 g/mol. The van der Waals surface area contributed by atoms with Crippen LogP contribution in [0.2, 0.25) is 0 Å². The maximum atomic E-state index is 5.43. The predicted octanol–water partition coefficient (Wildman–Crippen LogP) is 1.06. The Morgan fingerprint density at radius 2 is 1.90 bits per heavy atom. The van der Waals surface area contributed by atoms with Crippen LogP contribution in [0.1, 0.15) is 13.3 Å².